The zero-order valence-electron chi connectivity index (χ0n) is 11.3. The molecule has 0 saturated heterocycles. The maximum atomic E-state index is 9.23. The standard InChI is InChI=1S/C15H16N2OS/c1-11(15-5-4-8-19-15)17(2)14-9-13(18-3)7-6-12(14)10-16/h4-9,11H,1-3H3. The van der Waals surface area contributed by atoms with E-state index in [1.807, 2.05) is 25.2 Å². The van der Waals surface area contributed by atoms with E-state index in [0.29, 0.717) is 5.56 Å². The van der Waals surface area contributed by atoms with Gasteiger partial charge in [-0.25, -0.2) is 0 Å². The van der Waals surface area contributed by atoms with E-state index in [-0.39, 0.29) is 6.04 Å². The summed E-state index contributed by atoms with van der Waals surface area (Å²) in [4.78, 5) is 3.38. The first-order chi connectivity index (χ1) is 9.17. The number of nitrogens with zero attached hydrogens (tertiary/aromatic N) is 2. The lowest BCUT2D eigenvalue weighted by Gasteiger charge is -2.27. The van der Waals surface area contributed by atoms with Gasteiger partial charge in [-0.2, -0.15) is 5.26 Å². The van der Waals surface area contributed by atoms with Crippen molar-refractivity contribution in [3.05, 3.63) is 46.2 Å². The van der Waals surface area contributed by atoms with E-state index in [0.717, 1.165) is 11.4 Å². The molecule has 2 rings (SSSR count). The highest BCUT2D eigenvalue weighted by Crippen LogP contribution is 2.32. The van der Waals surface area contributed by atoms with Crippen LogP contribution in [0, 0.1) is 11.3 Å². The number of nitriles is 1. The number of methoxy groups -OCH3 is 1. The van der Waals surface area contributed by atoms with Gasteiger partial charge in [0.15, 0.2) is 0 Å². The smallest absolute Gasteiger partial charge is 0.121 e. The van der Waals surface area contributed by atoms with Gasteiger partial charge < -0.3 is 9.64 Å². The van der Waals surface area contributed by atoms with E-state index in [4.69, 9.17) is 4.74 Å². The van der Waals surface area contributed by atoms with Crippen molar-refractivity contribution in [2.45, 2.75) is 13.0 Å². The van der Waals surface area contributed by atoms with Gasteiger partial charge in [0.25, 0.3) is 0 Å². The van der Waals surface area contributed by atoms with Crippen molar-refractivity contribution in [2.24, 2.45) is 0 Å². The summed E-state index contributed by atoms with van der Waals surface area (Å²) in [6.07, 6.45) is 0. The van der Waals surface area contributed by atoms with Crippen molar-refractivity contribution in [2.75, 3.05) is 19.1 Å². The normalized spacial score (nSPS) is 11.7. The van der Waals surface area contributed by atoms with Crippen molar-refractivity contribution in [1.82, 2.24) is 0 Å². The molecule has 3 nitrogen and oxygen atoms in total. The fraction of sp³-hybridized carbons (Fsp3) is 0.267. The second-order valence-corrected chi connectivity index (χ2v) is 5.28. The minimum absolute atomic E-state index is 0.221. The molecule has 0 amide bonds. The van der Waals surface area contributed by atoms with E-state index in [1.54, 1.807) is 24.5 Å². The predicted molar refractivity (Wildman–Crippen MR) is 78.8 cm³/mol. The van der Waals surface area contributed by atoms with Gasteiger partial charge in [0.05, 0.1) is 24.4 Å². The fourth-order valence-corrected chi connectivity index (χ4v) is 2.78. The highest BCUT2D eigenvalue weighted by molar-refractivity contribution is 7.10. The van der Waals surface area contributed by atoms with Gasteiger partial charge in [0.2, 0.25) is 0 Å². The summed E-state index contributed by atoms with van der Waals surface area (Å²) in [5, 5.41) is 11.3. The largest absolute Gasteiger partial charge is 0.497 e. The maximum Gasteiger partial charge on any atom is 0.121 e. The highest BCUT2D eigenvalue weighted by Gasteiger charge is 2.16. The molecular formula is C15H16N2OS. The minimum atomic E-state index is 0.221. The molecule has 0 bridgehead atoms. The molecule has 1 atom stereocenters. The Bertz CT molecular complexity index is 587. The molecule has 1 aromatic carbocycles. The number of thiophene rings is 1. The van der Waals surface area contributed by atoms with E-state index in [1.165, 1.54) is 4.88 Å². The van der Waals surface area contributed by atoms with E-state index >= 15 is 0 Å². The third-order valence-electron chi connectivity index (χ3n) is 3.24. The summed E-state index contributed by atoms with van der Waals surface area (Å²) >= 11 is 1.72. The van der Waals surface area contributed by atoms with Gasteiger partial charge in [0, 0.05) is 18.0 Å². The summed E-state index contributed by atoms with van der Waals surface area (Å²) in [6.45, 7) is 2.13. The molecule has 0 aliphatic carbocycles. The molecule has 1 aromatic heterocycles. The fourth-order valence-electron chi connectivity index (χ4n) is 1.95. The van der Waals surface area contributed by atoms with Gasteiger partial charge in [-0.3, -0.25) is 0 Å². The Morgan fingerprint density at radius 1 is 1.37 bits per heavy atom. The summed E-state index contributed by atoms with van der Waals surface area (Å²) in [5.41, 5.74) is 1.55. The molecule has 4 heteroatoms. The Kier molecular flexibility index (Phi) is 4.08. The molecule has 0 aliphatic heterocycles. The molecule has 2 aromatic rings. The van der Waals surface area contributed by atoms with Crippen LogP contribution >= 0.6 is 11.3 Å². The van der Waals surface area contributed by atoms with Gasteiger partial charge in [0.1, 0.15) is 11.8 Å². The third kappa shape index (κ3) is 2.72. The zero-order chi connectivity index (χ0) is 13.8. The van der Waals surface area contributed by atoms with Crippen LogP contribution in [-0.4, -0.2) is 14.2 Å². The SMILES string of the molecule is COc1ccc(C#N)c(N(C)C(C)c2cccs2)c1. The number of hydrogen-bond donors (Lipinski definition) is 0. The summed E-state index contributed by atoms with van der Waals surface area (Å²) in [7, 11) is 3.63. The monoisotopic (exact) mass is 272 g/mol. The second kappa shape index (κ2) is 5.77. The van der Waals surface area contributed by atoms with Crippen LogP contribution in [0.3, 0.4) is 0 Å². The van der Waals surface area contributed by atoms with Crippen molar-refractivity contribution < 1.29 is 4.74 Å². The Labute approximate surface area is 117 Å². The molecule has 19 heavy (non-hydrogen) atoms. The van der Waals surface area contributed by atoms with Gasteiger partial charge in [-0.15, -0.1) is 11.3 Å². The van der Waals surface area contributed by atoms with Gasteiger partial charge in [-0.1, -0.05) is 6.07 Å². The van der Waals surface area contributed by atoms with Crippen molar-refractivity contribution in [3.8, 4) is 11.8 Å². The number of hydrogen-bond acceptors (Lipinski definition) is 4. The number of ether oxygens (including phenoxy) is 1. The van der Waals surface area contributed by atoms with Gasteiger partial charge >= 0.3 is 0 Å². The lowest BCUT2D eigenvalue weighted by Crippen LogP contribution is -2.21. The number of benzene rings is 1. The molecule has 1 unspecified atom stereocenters. The van der Waals surface area contributed by atoms with E-state index < -0.39 is 0 Å². The first-order valence-electron chi connectivity index (χ1n) is 6.01. The van der Waals surface area contributed by atoms with Crippen LogP contribution in [0.15, 0.2) is 35.7 Å². The van der Waals surface area contributed by atoms with Crippen LogP contribution in [0.5, 0.6) is 5.75 Å². The molecule has 0 spiro atoms. The molecule has 1 heterocycles. The topological polar surface area (TPSA) is 36.3 Å². The Balaban J connectivity index is 2.37. The number of rotatable bonds is 4. The van der Waals surface area contributed by atoms with Gasteiger partial charge in [-0.05, 0) is 30.5 Å². The molecule has 0 saturated carbocycles. The molecule has 98 valence electrons. The summed E-state index contributed by atoms with van der Waals surface area (Å²) in [6, 6.07) is 12.1. The third-order valence-corrected chi connectivity index (χ3v) is 4.28. The Hall–Kier alpha value is -1.99. The van der Waals surface area contributed by atoms with Crippen LogP contribution in [0.4, 0.5) is 5.69 Å². The molecule has 0 aliphatic rings. The van der Waals surface area contributed by atoms with Crippen LogP contribution in [-0.2, 0) is 0 Å². The van der Waals surface area contributed by atoms with Crippen LogP contribution in [0.1, 0.15) is 23.4 Å². The minimum Gasteiger partial charge on any atom is -0.497 e. The van der Waals surface area contributed by atoms with E-state index in [2.05, 4.69) is 29.3 Å². The maximum absolute atomic E-state index is 9.23. The molecular weight excluding hydrogens is 256 g/mol. The Morgan fingerprint density at radius 2 is 2.16 bits per heavy atom. The number of anilines is 1. The van der Waals surface area contributed by atoms with Crippen molar-refractivity contribution in [1.29, 1.82) is 5.26 Å². The van der Waals surface area contributed by atoms with Crippen molar-refractivity contribution in [3.63, 3.8) is 0 Å². The van der Waals surface area contributed by atoms with Crippen LogP contribution in [0.2, 0.25) is 0 Å². The molecule has 0 radical (unpaired) electrons. The second-order valence-electron chi connectivity index (χ2n) is 4.30. The lowest BCUT2D eigenvalue weighted by molar-refractivity contribution is 0.414. The first kappa shape index (κ1) is 13.4. The quantitative estimate of drug-likeness (QED) is 0.848. The van der Waals surface area contributed by atoms with E-state index in [9.17, 15) is 5.26 Å². The Morgan fingerprint density at radius 3 is 2.74 bits per heavy atom. The summed E-state index contributed by atoms with van der Waals surface area (Å²) < 4.78 is 5.24. The summed E-state index contributed by atoms with van der Waals surface area (Å²) in [5.74, 6) is 0.763. The highest BCUT2D eigenvalue weighted by atomic mass is 32.1. The predicted octanol–water partition coefficient (Wildman–Crippen LogP) is 3.83. The van der Waals surface area contributed by atoms with Crippen LogP contribution in [0.25, 0.3) is 0 Å². The first-order valence-corrected chi connectivity index (χ1v) is 6.89. The average Bonchev–Trinajstić information content (AvgIpc) is 2.99. The lowest BCUT2D eigenvalue weighted by atomic mass is 10.1. The zero-order valence-corrected chi connectivity index (χ0v) is 12.1. The molecule has 0 N–H and O–H groups in total. The van der Waals surface area contributed by atoms with Crippen molar-refractivity contribution >= 4 is 17.0 Å². The molecule has 0 fully saturated rings. The van der Waals surface area contributed by atoms with Crippen LogP contribution < -0.4 is 9.64 Å². The average molecular weight is 272 g/mol.